The summed E-state index contributed by atoms with van der Waals surface area (Å²) in [6, 6.07) is 7.95. The predicted molar refractivity (Wildman–Crippen MR) is 120 cm³/mol. The monoisotopic (exact) mass is 419 g/mol. The quantitative estimate of drug-likeness (QED) is 0.446. The summed E-state index contributed by atoms with van der Waals surface area (Å²) in [5, 5.41) is 14.7. The van der Waals surface area contributed by atoms with E-state index in [-0.39, 0.29) is 5.91 Å². The minimum absolute atomic E-state index is 0.198. The Bertz CT molecular complexity index is 1210. The maximum absolute atomic E-state index is 12.8. The zero-order chi connectivity index (χ0) is 20.5. The summed E-state index contributed by atoms with van der Waals surface area (Å²) < 4.78 is 0. The lowest BCUT2D eigenvalue weighted by Crippen LogP contribution is -2.17. The SMILES string of the molecule is Cc1ccc2[nH]ncc2c1NC(=O)c1cnc(Nc2cc(N3CCCC3)ccn2)s1. The number of benzene rings is 1. The average Bonchev–Trinajstić information content (AvgIpc) is 3.52. The highest BCUT2D eigenvalue weighted by Gasteiger charge is 2.16. The largest absolute Gasteiger partial charge is 0.371 e. The molecule has 5 rings (SSSR count). The van der Waals surface area contributed by atoms with Crippen LogP contribution in [-0.4, -0.2) is 39.2 Å². The van der Waals surface area contributed by atoms with Crippen LogP contribution < -0.4 is 15.5 Å². The van der Waals surface area contributed by atoms with Crippen molar-refractivity contribution < 1.29 is 4.79 Å². The minimum Gasteiger partial charge on any atom is -0.371 e. The number of amides is 1. The summed E-state index contributed by atoms with van der Waals surface area (Å²) in [6.07, 6.45) is 7.55. The second-order valence-electron chi connectivity index (χ2n) is 7.29. The fourth-order valence-electron chi connectivity index (χ4n) is 3.67. The number of fused-ring (bicyclic) bond motifs is 1. The van der Waals surface area contributed by atoms with Gasteiger partial charge in [0.05, 0.1) is 23.6 Å². The molecule has 152 valence electrons. The summed E-state index contributed by atoms with van der Waals surface area (Å²) in [5.41, 5.74) is 3.77. The van der Waals surface area contributed by atoms with Gasteiger partial charge in [0.25, 0.3) is 5.91 Å². The van der Waals surface area contributed by atoms with Gasteiger partial charge >= 0.3 is 0 Å². The molecule has 0 radical (unpaired) electrons. The molecule has 4 aromatic rings. The van der Waals surface area contributed by atoms with Gasteiger partial charge in [-0.05, 0) is 37.5 Å². The molecule has 1 saturated heterocycles. The van der Waals surface area contributed by atoms with Crippen LogP contribution in [0.1, 0.15) is 28.1 Å². The third kappa shape index (κ3) is 3.59. The van der Waals surface area contributed by atoms with Gasteiger partial charge in [-0.2, -0.15) is 5.10 Å². The van der Waals surface area contributed by atoms with Gasteiger partial charge in [-0.1, -0.05) is 17.4 Å². The number of nitrogens with one attached hydrogen (secondary N) is 3. The molecule has 4 heterocycles. The van der Waals surface area contributed by atoms with E-state index in [2.05, 4.69) is 35.7 Å². The van der Waals surface area contributed by atoms with E-state index in [0.717, 1.165) is 46.7 Å². The standard InChI is InChI=1S/C21H21N7OS/c1-13-4-5-16-15(11-24-27-16)19(13)26-20(29)17-12-23-21(30-17)25-18-10-14(6-7-22-18)28-8-2-3-9-28/h4-7,10-12H,2-3,8-9H2,1H3,(H,24,27)(H,26,29)(H,22,23,25). The summed E-state index contributed by atoms with van der Waals surface area (Å²) in [6.45, 7) is 4.11. The lowest BCUT2D eigenvalue weighted by Gasteiger charge is -2.17. The minimum atomic E-state index is -0.198. The molecule has 0 bridgehead atoms. The number of aromatic nitrogens is 4. The highest BCUT2D eigenvalue weighted by molar-refractivity contribution is 7.17. The summed E-state index contributed by atoms with van der Waals surface area (Å²) >= 11 is 1.30. The van der Waals surface area contributed by atoms with Crippen LogP contribution in [0.25, 0.3) is 10.9 Å². The molecule has 1 amide bonds. The third-order valence-corrected chi connectivity index (χ3v) is 6.16. The number of pyridine rings is 1. The molecule has 30 heavy (non-hydrogen) atoms. The molecule has 1 aromatic carbocycles. The van der Waals surface area contributed by atoms with E-state index in [1.165, 1.54) is 24.2 Å². The van der Waals surface area contributed by atoms with E-state index in [1.807, 2.05) is 31.2 Å². The van der Waals surface area contributed by atoms with E-state index >= 15 is 0 Å². The van der Waals surface area contributed by atoms with Gasteiger partial charge in [0.1, 0.15) is 10.7 Å². The lowest BCUT2D eigenvalue weighted by molar-refractivity contribution is 0.103. The van der Waals surface area contributed by atoms with Gasteiger partial charge in [0, 0.05) is 36.4 Å². The van der Waals surface area contributed by atoms with E-state index in [1.54, 1.807) is 18.6 Å². The molecule has 0 unspecified atom stereocenters. The summed E-state index contributed by atoms with van der Waals surface area (Å²) in [7, 11) is 0. The summed E-state index contributed by atoms with van der Waals surface area (Å²) in [5.74, 6) is 0.524. The van der Waals surface area contributed by atoms with Crippen LogP contribution in [0.2, 0.25) is 0 Å². The van der Waals surface area contributed by atoms with Crippen molar-refractivity contribution in [1.29, 1.82) is 0 Å². The van der Waals surface area contributed by atoms with Crippen LogP contribution in [0, 0.1) is 6.92 Å². The molecule has 1 aliphatic heterocycles. The first-order valence-corrected chi connectivity index (χ1v) is 10.7. The molecule has 0 aliphatic carbocycles. The fourth-order valence-corrected chi connectivity index (χ4v) is 4.39. The molecule has 3 aromatic heterocycles. The van der Waals surface area contributed by atoms with Crippen LogP contribution in [0.3, 0.4) is 0 Å². The first-order valence-electron chi connectivity index (χ1n) is 9.85. The molecule has 9 heteroatoms. The highest BCUT2D eigenvalue weighted by Crippen LogP contribution is 2.29. The number of aryl methyl sites for hydroxylation is 1. The van der Waals surface area contributed by atoms with E-state index < -0.39 is 0 Å². The van der Waals surface area contributed by atoms with Gasteiger partial charge in [0.15, 0.2) is 5.13 Å². The molecule has 1 fully saturated rings. The Morgan fingerprint density at radius 2 is 2.03 bits per heavy atom. The Balaban J connectivity index is 1.32. The van der Waals surface area contributed by atoms with Crippen molar-refractivity contribution in [2.75, 3.05) is 28.6 Å². The normalized spacial score (nSPS) is 13.7. The number of H-pyrrole nitrogens is 1. The number of hydrogen-bond donors (Lipinski definition) is 3. The van der Waals surface area contributed by atoms with Crippen molar-refractivity contribution in [3.63, 3.8) is 0 Å². The number of carbonyl (C=O) groups is 1. The van der Waals surface area contributed by atoms with Gasteiger partial charge < -0.3 is 15.5 Å². The molecule has 3 N–H and O–H groups in total. The van der Waals surface area contributed by atoms with E-state index in [4.69, 9.17) is 0 Å². The Kier molecular flexibility index (Phi) is 4.80. The number of carbonyl (C=O) groups excluding carboxylic acids is 1. The zero-order valence-electron chi connectivity index (χ0n) is 16.5. The van der Waals surface area contributed by atoms with Crippen molar-refractivity contribution in [1.82, 2.24) is 20.2 Å². The maximum atomic E-state index is 12.8. The Morgan fingerprint density at radius 1 is 1.17 bits per heavy atom. The molecule has 8 nitrogen and oxygen atoms in total. The summed E-state index contributed by atoms with van der Waals surface area (Å²) in [4.78, 5) is 24.4. The fraction of sp³-hybridized carbons (Fsp3) is 0.238. The maximum Gasteiger partial charge on any atom is 0.267 e. The molecular weight excluding hydrogens is 398 g/mol. The van der Waals surface area contributed by atoms with Gasteiger partial charge in [-0.25, -0.2) is 9.97 Å². The van der Waals surface area contributed by atoms with Crippen LogP contribution in [0.5, 0.6) is 0 Å². The van der Waals surface area contributed by atoms with Crippen LogP contribution in [0.4, 0.5) is 22.3 Å². The van der Waals surface area contributed by atoms with Crippen molar-refractivity contribution in [3.05, 3.63) is 53.3 Å². The van der Waals surface area contributed by atoms with E-state index in [9.17, 15) is 4.79 Å². The average molecular weight is 420 g/mol. The van der Waals surface area contributed by atoms with Crippen molar-refractivity contribution in [2.24, 2.45) is 0 Å². The van der Waals surface area contributed by atoms with Crippen molar-refractivity contribution >= 4 is 50.5 Å². The Labute approximate surface area is 177 Å². The highest BCUT2D eigenvalue weighted by atomic mass is 32.1. The van der Waals surface area contributed by atoms with Crippen LogP contribution in [-0.2, 0) is 0 Å². The number of anilines is 4. The topological polar surface area (TPSA) is 98.8 Å². The Morgan fingerprint density at radius 3 is 2.90 bits per heavy atom. The zero-order valence-corrected chi connectivity index (χ0v) is 17.3. The predicted octanol–water partition coefficient (Wildman–Crippen LogP) is 4.32. The molecule has 0 spiro atoms. The number of thiazole rings is 1. The second-order valence-corrected chi connectivity index (χ2v) is 8.32. The molecule has 0 saturated carbocycles. The molecule has 0 atom stereocenters. The van der Waals surface area contributed by atoms with Gasteiger partial charge in [0.2, 0.25) is 0 Å². The number of aromatic amines is 1. The lowest BCUT2D eigenvalue weighted by atomic mass is 10.1. The Hall–Kier alpha value is -3.46. The molecular formula is C21H21N7OS. The van der Waals surface area contributed by atoms with E-state index in [0.29, 0.717) is 10.0 Å². The van der Waals surface area contributed by atoms with Gasteiger partial charge in [-0.3, -0.25) is 9.89 Å². The van der Waals surface area contributed by atoms with Crippen molar-refractivity contribution in [2.45, 2.75) is 19.8 Å². The van der Waals surface area contributed by atoms with Crippen LogP contribution >= 0.6 is 11.3 Å². The first kappa shape index (κ1) is 18.6. The number of rotatable bonds is 5. The second kappa shape index (κ2) is 7.75. The smallest absolute Gasteiger partial charge is 0.267 e. The van der Waals surface area contributed by atoms with Crippen molar-refractivity contribution in [3.8, 4) is 0 Å². The first-order chi connectivity index (χ1) is 14.7. The molecule has 1 aliphatic rings. The van der Waals surface area contributed by atoms with Gasteiger partial charge in [-0.15, -0.1) is 0 Å². The van der Waals surface area contributed by atoms with Crippen LogP contribution in [0.15, 0.2) is 42.9 Å². The number of nitrogens with zero attached hydrogens (tertiary/aromatic N) is 4. The third-order valence-electron chi connectivity index (χ3n) is 5.25. The number of hydrogen-bond acceptors (Lipinski definition) is 7.